The second-order valence-corrected chi connectivity index (χ2v) is 11.9. The second kappa shape index (κ2) is 15.4. The first-order valence-corrected chi connectivity index (χ1v) is 15.0. The first-order chi connectivity index (χ1) is 20.4. The summed E-state index contributed by atoms with van der Waals surface area (Å²) in [6, 6.07) is 10.3. The minimum atomic E-state index is -0.859. The minimum absolute atomic E-state index is 0.00545. The van der Waals surface area contributed by atoms with Gasteiger partial charge in [-0.3, -0.25) is 14.4 Å². The molecule has 0 bridgehead atoms. The first-order valence-electron chi connectivity index (χ1n) is 15.0. The molecule has 3 atom stereocenters. The number of esters is 1. The molecule has 1 aliphatic heterocycles. The SMILES string of the molecule is CCOC(=O)/C=C/[C@H](CC(C)C)NC(=O)[C@H](CC(C)C)NC(=O)[C@@H]1Cc2ccccc2CN1C(=O)c1cccc(O)c1C. The number of nitrogens with one attached hydrogen (secondary N) is 2. The summed E-state index contributed by atoms with van der Waals surface area (Å²) in [6.07, 6.45) is 4.21. The number of phenols is 1. The fourth-order valence-electron chi connectivity index (χ4n) is 5.31. The highest BCUT2D eigenvalue weighted by atomic mass is 16.5. The highest BCUT2D eigenvalue weighted by molar-refractivity contribution is 6.00. The zero-order valence-electron chi connectivity index (χ0n) is 26.1. The van der Waals surface area contributed by atoms with Gasteiger partial charge in [0.2, 0.25) is 11.8 Å². The van der Waals surface area contributed by atoms with Crippen molar-refractivity contribution in [2.45, 2.75) is 85.5 Å². The van der Waals surface area contributed by atoms with Gasteiger partial charge in [-0.05, 0) is 61.8 Å². The van der Waals surface area contributed by atoms with E-state index in [1.807, 2.05) is 52.0 Å². The van der Waals surface area contributed by atoms with Crippen LogP contribution in [-0.2, 0) is 32.1 Å². The molecule has 9 heteroatoms. The molecule has 3 rings (SSSR count). The molecule has 0 fully saturated rings. The summed E-state index contributed by atoms with van der Waals surface area (Å²) in [6.45, 7) is 11.8. The maximum absolute atomic E-state index is 13.9. The molecule has 0 aliphatic carbocycles. The monoisotopic (exact) mass is 591 g/mol. The number of hydrogen-bond acceptors (Lipinski definition) is 6. The standard InChI is InChI=1S/C34H45N3O6/c1-7-43-31(39)16-15-26(17-21(2)3)35-32(40)28(18-22(4)5)36-33(41)29-19-24-11-8-9-12-25(24)20-37(29)34(42)27-13-10-14-30(38)23(27)6/h8-16,21-22,26,28-29,38H,7,17-20H2,1-6H3,(H,35,40)(H,36,41)/b16-15+/t26-,28+,29+/m1/s1. The number of rotatable bonds is 12. The molecule has 0 unspecified atom stereocenters. The minimum Gasteiger partial charge on any atom is -0.508 e. The van der Waals surface area contributed by atoms with Crippen LogP contribution in [0.3, 0.4) is 0 Å². The Morgan fingerprint density at radius 2 is 1.65 bits per heavy atom. The van der Waals surface area contributed by atoms with Gasteiger partial charge < -0.3 is 25.4 Å². The normalized spacial score (nSPS) is 16.1. The molecule has 3 N–H and O–H groups in total. The molecule has 3 amide bonds. The third-order valence-electron chi connectivity index (χ3n) is 7.49. The second-order valence-electron chi connectivity index (χ2n) is 11.9. The Hall–Kier alpha value is -4.14. The van der Waals surface area contributed by atoms with Crippen LogP contribution in [0.2, 0.25) is 0 Å². The summed E-state index contributed by atoms with van der Waals surface area (Å²) >= 11 is 0. The van der Waals surface area contributed by atoms with Gasteiger partial charge >= 0.3 is 5.97 Å². The van der Waals surface area contributed by atoms with Gasteiger partial charge in [-0.1, -0.05) is 64.1 Å². The molecule has 0 saturated heterocycles. The quantitative estimate of drug-likeness (QED) is 0.248. The van der Waals surface area contributed by atoms with E-state index < -0.39 is 30.0 Å². The number of aromatic hydroxyl groups is 1. The molecular formula is C34H45N3O6. The van der Waals surface area contributed by atoms with E-state index in [1.54, 1.807) is 32.1 Å². The van der Waals surface area contributed by atoms with Gasteiger partial charge in [-0.2, -0.15) is 0 Å². The van der Waals surface area contributed by atoms with Crippen molar-refractivity contribution in [1.29, 1.82) is 0 Å². The maximum Gasteiger partial charge on any atom is 0.330 e. The lowest BCUT2D eigenvalue weighted by Gasteiger charge is -2.37. The van der Waals surface area contributed by atoms with Gasteiger partial charge in [0.05, 0.1) is 6.61 Å². The number of amides is 3. The molecule has 0 saturated carbocycles. The molecular weight excluding hydrogens is 546 g/mol. The first kappa shape index (κ1) is 33.4. The van der Waals surface area contributed by atoms with Gasteiger partial charge in [-0.25, -0.2) is 4.79 Å². The molecule has 9 nitrogen and oxygen atoms in total. The van der Waals surface area contributed by atoms with Crippen LogP contribution in [0.4, 0.5) is 0 Å². The van der Waals surface area contributed by atoms with Gasteiger partial charge in [-0.15, -0.1) is 0 Å². The van der Waals surface area contributed by atoms with Crippen molar-refractivity contribution < 1.29 is 29.0 Å². The summed E-state index contributed by atoms with van der Waals surface area (Å²) in [5.41, 5.74) is 2.66. The molecule has 2 aromatic rings. The highest BCUT2D eigenvalue weighted by Gasteiger charge is 2.37. The average molecular weight is 592 g/mol. The van der Waals surface area contributed by atoms with Crippen molar-refractivity contribution in [3.8, 4) is 5.75 Å². The topological polar surface area (TPSA) is 125 Å². The lowest BCUT2D eigenvalue weighted by Crippen LogP contribution is -2.57. The Morgan fingerprint density at radius 3 is 2.30 bits per heavy atom. The van der Waals surface area contributed by atoms with Gasteiger partial charge in [0.25, 0.3) is 5.91 Å². The number of carbonyl (C=O) groups excluding carboxylic acids is 4. The smallest absolute Gasteiger partial charge is 0.330 e. The molecule has 0 spiro atoms. The van der Waals surface area contributed by atoms with Crippen molar-refractivity contribution >= 4 is 23.7 Å². The Morgan fingerprint density at radius 1 is 0.977 bits per heavy atom. The van der Waals surface area contributed by atoms with E-state index in [4.69, 9.17) is 4.74 Å². The predicted molar refractivity (Wildman–Crippen MR) is 165 cm³/mol. The highest BCUT2D eigenvalue weighted by Crippen LogP contribution is 2.28. The van der Waals surface area contributed by atoms with E-state index in [0.717, 1.165) is 11.1 Å². The summed E-state index contributed by atoms with van der Waals surface area (Å²) < 4.78 is 4.98. The fraction of sp³-hybridized carbons (Fsp3) is 0.471. The number of hydrogen-bond donors (Lipinski definition) is 3. The van der Waals surface area contributed by atoms with Crippen LogP contribution < -0.4 is 10.6 Å². The number of benzene rings is 2. The van der Waals surface area contributed by atoms with Crippen LogP contribution in [0.1, 0.15) is 74.5 Å². The number of nitrogens with zero attached hydrogens (tertiary/aromatic N) is 1. The Balaban J connectivity index is 1.87. The van der Waals surface area contributed by atoms with Crippen LogP contribution in [0.15, 0.2) is 54.6 Å². The lowest BCUT2D eigenvalue weighted by atomic mass is 9.91. The van der Waals surface area contributed by atoms with Crippen molar-refractivity contribution in [3.05, 3.63) is 76.9 Å². The summed E-state index contributed by atoms with van der Waals surface area (Å²) in [5, 5.41) is 16.2. The van der Waals surface area contributed by atoms with E-state index in [9.17, 15) is 24.3 Å². The van der Waals surface area contributed by atoms with E-state index in [1.165, 1.54) is 17.0 Å². The Labute approximate surface area is 254 Å². The van der Waals surface area contributed by atoms with Crippen molar-refractivity contribution in [2.24, 2.45) is 11.8 Å². The van der Waals surface area contributed by atoms with Gasteiger partial charge in [0, 0.05) is 36.2 Å². The summed E-state index contributed by atoms with van der Waals surface area (Å²) in [7, 11) is 0. The summed E-state index contributed by atoms with van der Waals surface area (Å²) in [5.74, 6) is -1.31. The Bertz CT molecular complexity index is 1340. The van der Waals surface area contributed by atoms with Crippen LogP contribution in [0.5, 0.6) is 5.75 Å². The fourth-order valence-corrected chi connectivity index (χ4v) is 5.31. The lowest BCUT2D eigenvalue weighted by molar-refractivity contribution is -0.137. The maximum atomic E-state index is 13.9. The summed E-state index contributed by atoms with van der Waals surface area (Å²) in [4.78, 5) is 54.8. The van der Waals surface area contributed by atoms with Gasteiger partial charge in [0.1, 0.15) is 17.8 Å². The van der Waals surface area contributed by atoms with E-state index in [-0.39, 0.29) is 42.6 Å². The van der Waals surface area contributed by atoms with Crippen molar-refractivity contribution in [3.63, 3.8) is 0 Å². The third kappa shape index (κ3) is 9.17. The number of carbonyl (C=O) groups is 4. The largest absolute Gasteiger partial charge is 0.508 e. The molecule has 1 aliphatic rings. The molecule has 43 heavy (non-hydrogen) atoms. The van der Waals surface area contributed by atoms with E-state index in [0.29, 0.717) is 30.4 Å². The molecule has 0 radical (unpaired) electrons. The van der Waals surface area contributed by atoms with Gasteiger partial charge in [0.15, 0.2) is 0 Å². The third-order valence-corrected chi connectivity index (χ3v) is 7.49. The van der Waals surface area contributed by atoms with E-state index in [2.05, 4.69) is 10.6 Å². The zero-order chi connectivity index (χ0) is 31.7. The van der Waals surface area contributed by atoms with Crippen LogP contribution in [-0.4, -0.2) is 58.4 Å². The molecule has 1 heterocycles. The number of ether oxygens (including phenoxy) is 1. The zero-order valence-corrected chi connectivity index (χ0v) is 26.1. The van der Waals surface area contributed by atoms with E-state index >= 15 is 0 Å². The van der Waals surface area contributed by atoms with Crippen molar-refractivity contribution in [2.75, 3.05) is 6.61 Å². The molecule has 232 valence electrons. The number of phenolic OH excluding ortho intramolecular Hbond substituents is 1. The van der Waals surface area contributed by atoms with Crippen molar-refractivity contribution in [1.82, 2.24) is 15.5 Å². The molecule has 2 aromatic carbocycles. The average Bonchev–Trinajstić information content (AvgIpc) is 2.95. The number of fused-ring (bicyclic) bond motifs is 1. The molecule has 0 aromatic heterocycles. The van der Waals surface area contributed by atoms with Crippen LogP contribution >= 0.6 is 0 Å². The predicted octanol–water partition coefficient (Wildman–Crippen LogP) is 4.45. The van der Waals surface area contributed by atoms with Crippen LogP contribution in [0.25, 0.3) is 0 Å². The van der Waals surface area contributed by atoms with Crippen LogP contribution in [0, 0.1) is 18.8 Å². The Kier molecular flexibility index (Phi) is 11.9.